The van der Waals surface area contributed by atoms with Crippen molar-refractivity contribution in [1.29, 1.82) is 0 Å². The number of sulfonamides is 1. The van der Waals surface area contributed by atoms with Crippen LogP contribution in [0, 0.1) is 0 Å². The van der Waals surface area contributed by atoms with E-state index in [4.69, 9.17) is 0 Å². The van der Waals surface area contributed by atoms with Crippen LogP contribution in [0.2, 0.25) is 0 Å². The van der Waals surface area contributed by atoms with Gasteiger partial charge in [0.05, 0.1) is 5.69 Å². The van der Waals surface area contributed by atoms with Crippen LogP contribution >= 0.6 is 11.3 Å². The fourth-order valence-electron chi connectivity index (χ4n) is 2.01. The van der Waals surface area contributed by atoms with E-state index in [2.05, 4.69) is 9.82 Å². The SMILES string of the molecule is CC(C)n1cc(S(=O)(=O)NCc2cccs2)c(C(C)(C)C)n1. The lowest BCUT2D eigenvalue weighted by molar-refractivity contribution is 0.493. The highest BCUT2D eigenvalue weighted by Gasteiger charge is 2.30. The van der Waals surface area contributed by atoms with Gasteiger partial charge in [0.1, 0.15) is 4.90 Å². The fraction of sp³-hybridized carbons (Fsp3) is 0.533. The van der Waals surface area contributed by atoms with Crippen LogP contribution in [0.4, 0.5) is 0 Å². The molecule has 0 spiro atoms. The van der Waals surface area contributed by atoms with E-state index in [0.29, 0.717) is 12.2 Å². The molecule has 0 aromatic carbocycles. The zero-order chi connectivity index (χ0) is 16.5. The molecule has 0 aliphatic heterocycles. The van der Waals surface area contributed by atoms with Gasteiger partial charge in [0.15, 0.2) is 0 Å². The molecule has 0 fully saturated rings. The Hall–Kier alpha value is -1.18. The molecule has 2 rings (SSSR count). The largest absolute Gasteiger partial charge is 0.269 e. The Morgan fingerprint density at radius 3 is 2.55 bits per heavy atom. The van der Waals surface area contributed by atoms with E-state index in [1.54, 1.807) is 10.9 Å². The summed E-state index contributed by atoms with van der Waals surface area (Å²) >= 11 is 1.53. The van der Waals surface area contributed by atoms with Crippen molar-refractivity contribution in [2.24, 2.45) is 0 Å². The first-order chi connectivity index (χ1) is 10.1. The number of nitrogens with one attached hydrogen (secondary N) is 1. The molecular formula is C15H23N3O2S2. The fourth-order valence-corrected chi connectivity index (χ4v) is 4.10. The van der Waals surface area contributed by atoms with E-state index in [-0.39, 0.29) is 16.4 Å². The van der Waals surface area contributed by atoms with Crippen LogP contribution in [0.3, 0.4) is 0 Å². The number of hydrogen-bond donors (Lipinski definition) is 1. The summed E-state index contributed by atoms with van der Waals surface area (Å²) in [5.41, 5.74) is 0.257. The Morgan fingerprint density at radius 1 is 1.36 bits per heavy atom. The zero-order valence-corrected chi connectivity index (χ0v) is 15.3. The van der Waals surface area contributed by atoms with Crippen LogP contribution in [0.5, 0.6) is 0 Å². The molecular weight excluding hydrogens is 318 g/mol. The third-order valence-electron chi connectivity index (χ3n) is 3.24. The van der Waals surface area contributed by atoms with Crippen molar-refractivity contribution >= 4 is 21.4 Å². The Morgan fingerprint density at radius 2 is 2.05 bits per heavy atom. The van der Waals surface area contributed by atoms with E-state index >= 15 is 0 Å². The zero-order valence-electron chi connectivity index (χ0n) is 13.6. The average Bonchev–Trinajstić information content (AvgIpc) is 3.05. The van der Waals surface area contributed by atoms with Gasteiger partial charge in [0.2, 0.25) is 10.0 Å². The molecule has 0 aliphatic rings. The van der Waals surface area contributed by atoms with Gasteiger partial charge in [-0.05, 0) is 25.3 Å². The Balaban J connectivity index is 2.36. The van der Waals surface area contributed by atoms with Crippen molar-refractivity contribution in [3.63, 3.8) is 0 Å². The maximum absolute atomic E-state index is 12.7. The molecule has 0 saturated heterocycles. The summed E-state index contributed by atoms with van der Waals surface area (Å²) in [6, 6.07) is 3.93. The summed E-state index contributed by atoms with van der Waals surface area (Å²) in [6.45, 7) is 10.2. The van der Waals surface area contributed by atoms with Crippen LogP contribution < -0.4 is 4.72 Å². The van der Waals surface area contributed by atoms with Gasteiger partial charge in [0, 0.05) is 29.1 Å². The molecule has 2 aromatic heterocycles. The lowest BCUT2D eigenvalue weighted by atomic mass is 9.92. The van der Waals surface area contributed by atoms with Crippen molar-refractivity contribution in [1.82, 2.24) is 14.5 Å². The van der Waals surface area contributed by atoms with Gasteiger partial charge in [-0.15, -0.1) is 11.3 Å². The smallest absolute Gasteiger partial charge is 0.244 e. The van der Waals surface area contributed by atoms with Crippen molar-refractivity contribution in [2.75, 3.05) is 0 Å². The lowest BCUT2D eigenvalue weighted by Crippen LogP contribution is -2.26. The molecule has 0 aliphatic carbocycles. The minimum Gasteiger partial charge on any atom is -0.269 e. The van der Waals surface area contributed by atoms with Crippen LogP contribution in [-0.4, -0.2) is 18.2 Å². The normalized spacial score (nSPS) is 13.0. The maximum atomic E-state index is 12.7. The molecule has 0 unspecified atom stereocenters. The molecule has 0 atom stereocenters. The third-order valence-corrected chi connectivity index (χ3v) is 5.52. The minimum absolute atomic E-state index is 0.113. The first-order valence-corrected chi connectivity index (χ1v) is 9.59. The molecule has 7 heteroatoms. The van der Waals surface area contributed by atoms with Crippen LogP contribution in [0.15, 0.2) is 28.6 Å². The summed E-state index contributed by atoms with van der Waals surface area (Å²) in [7, 11) is -3.59. The molecule has 22 heavy (non-hydrogen) atoms. The standard InChI is InChI=1S/C15H23N3O2S2/c1-11(2)18-10-13(14(17-18)15(3,4)5)22(19,20)16-9-12-7-6-8-21-12/h6-8,10-11,16H,9H2,1-5H3. The Labute approximate surface area is 136 Å². The van der Waals surface area contributed by atoms with Crippen molar-refractivity contribution < 1.29 is 8.42 Å². The summed E-state index contributed by atoms with van der Waals surface area (Å²) in [6.07, 6.45) is 1.63. The molecule has 0 amide bonds. The van der Waals surface area contributed by atoms with Gasteiger partial charge in [-0.25, -0.2) is 13.1 Å². The second-order valence-electron chi connectivity index (χ2n) is 6.57. The van der Waals surface area contributed by atoms with E-state index in [9.17, 15) is 8.42 Å². The van der Waals surface area contributed by atoms with Gasteiger partial charge in [-0.1, -0.05) is 26.8 Å². The summed E-state index contributed by atoms with van der Waals surface area (Å²) in [4.78, 5) is 1.25. The molecule has 2 aromatic rings. The molecule has 0 saturated carbocycles. The molecule has 122 valence electrons. The molecule has 0 radical (unpaired) electrons. The Kier molecular flexibility index (Phi) is 4.79. The first-order valence-electron chi connectivity index (χ1n) is 7.23. The van der Waals surface area contributed by atoms with Gasteiger partial charge in [0.25, 0.3) is 0 Å². The van der Waals surface area contributed by atoms with Gasteiger partial charge < -0.3 is 0 Å². The Bertz CT molecular complexity index is 723. The summed E-state index contributed by atoms with van der Waals surface area (Å²) in [5.74, 6) is 0. The molecule has 5 nitrogen and oxygen atoms in total. The van der Waals surface area contributed by atoms with Crippen molar-refractivity contribution in [2.45, 2.75) is 57.5 Å². The van der Waals surface area contributed by atoms with Gasteiger partial charge in [-0.2, -0.15) is 5.10 Å². The van der Waals surface area contributed by atoms with E-state index in [0.717, 1.165) is 4.88 Å². The van der Waals surface area contributed by atoms with Crippen LogP contribution in [0.1, 0.15) is 51.2 Å². The number of aromatic nitrogens is 2. The number of thiophene rings is 1. The summed E-state index contributed by atoms with van der Waals surface area (Å²) < 4.78 is 29.7. The second kappa shape index (κ2) is 6.14. The topological polar surface area (TPSA) is 64.0 Å². The van der Waals surface area contributed by atoms with Crippen molar-refractivity contribution in [3.8, 4) is 0 Å². The number of hydrogen-bond acceptors (Lipinski definition) is 4. The number of nitrogens with zero attached hydrogens (tertiary/aromatic N) is 2. The van der Waals surface area contributed by atoms with Crippen molar-refractivity contribution in [3.05, 3.63) is 34.3 Å². The predicted molar refractivity (Wildman–Crippen MR) is 89.7 cm³/mol. The van der Waals surface area contributed by atoms with E-state index in [1.807, 2.05) is 52.1 Å². The highest BCUT2D eigenvalue weighted by atomic mass is 32.2. The van der Waals surface area contributed by atoms with E-state index in [1.165, 1.54) is 11.3 Å². The summed E-state index contributed by atoms with van der Waals surface area (Å²) in [5, 5.41) is 6.42. The minimum atomic E-state index is -3.59. The first kappa shape index (κ1) is 17.2. The van der Waals surface area contributed by atoms with Gasteiger partial charge >= 0.3 is 0 Å². The highest BCUT2D eigenvalue weighted by Crippen LogP contribution is 2.28. The highest BCUT2D eigenvalue weighted by molar-refractivity contribution is 7.89. The lowest BCUT2D eigenvalue weighted by Gasteiger charge is -2.17. The molecule has 2 heterocycles. The predicted octanol–water partition coefficient (Wildman–Crippen LogP) is 3.30. The van der Waals surface area contributed by atoms with Gasteiger partial charge in [-0.3, -0.25) is 4.68 Å². The van der Waals surface area contributed by atoms with E-state index < -0.39 is 10.0 Å². The third kappa shape index (κ3) is 3.77. The second-order valence-corrected chi connectivity index (χ2v) is 9.34. The quantitative estimate of drug-likeness (QED) is 0.907. The monoisotopic (exact) mass is 341 g/mol. The van der Waals surface area contributed by atoms with Crippen LogP contribution in [0.25, 0.3) is 0 Å². The number of rotatable bonds is 5. The molecule has 1 N–H and O–H groups in total. The molecule has 0 bridgehead atoms. The average molecular weight is 342 g/mol. The maximum Gasteiger partial charge on any atom is 0.244 e. The van der Waals surface area contributed by atoms with Crippen LogP contribution in [-0.2, 0) is 22.0 Å².